The molecule has 1 fully saturated rings. The molecule has 0 aromatic heterocycles. The van der Waals surface area contributed by atoms with E-state index < -0.39 is 0 Å². The molecule has 1 atom stereocenters. The van der Waals surface area contributed by atoms with Gasteiger partial charge in [0.2, 0.25) is 0 Å². The summed E-state index contributed by atoms with van der Waals surface area (Å²) >= 11 is 0. The van der Waals surface area contributed by atoms with Gasteiger partial charge in [-0.05, 0) is 6.42 Å². The molecule has 2 nitrogen and oxygen atoms in total. The smallest absolute Gasteiger partial charge is 0.0700 e. The summed E-state index contributed by atoms with van der Waals surface area (Å²) < 4.78 is 5.58. The zero-order chi connectivity index (χ0) is 8.65. The Hall–Kier alpha value is -0.0800. The quantitative estimate of drug-likeness (QED) is 0.635. The summed E-state index contributed by atoms with van der Waals surface area (Å²) in [5, 5.41) is 3.34. The molecule has 1 aliphatic rings. The van der Waals surface area contributed by atoms with Crippen LogP contribution in [0.1, 0.15) is 32.1 Å². The van der Waals surface area contributed by atoms with Gasteiger partial charge >= 0.3 is 0 Å². The standard InChI is InChI=1S/C10H20NO/c1-2-3-4-5-6-10-9-11-7-8-12-10/h10-11H,1-9H2. The highest BCUT2D eigenvalue weighted by Gasteiger charge is 2.11. The van der Waals surface area contributed by atoms with Gasteiger partial charge in [0.25, 0.3) is 0 Å². The molecule has 0 aromatic rings. The normalized spacial score (nSPS) is 24.2. The molecule has 1 unspecified atom stereocenters. The highest BCUT2D eigenvalue weighted by molar-refractivity contribution is 4.66. The zero-order valence-corrected chi connectivity index (χ0v) is 7.85. The van der Waals surface area contributed by atoms with E-state index in [1.54, 1.807) is 0 Å². The van der Waals surface area contributed by atoms with Crippen LogP contribution >= 0.6 is 0 Å². The molecule has 1 heterocycles. The maximum absolute atomic E-state index is 5.58. The van der Waals surface area contributed by atoms with Gasteiger partial charge in [-0.3, -0.25) is 0 Å². The van der Waals surface area contributed by atoms with E-state index >= 15 is 0 Å². The summed E-state index contributed by atoms with van der Waals surface area (Å²) in [5.41, 5.74) is 0. The van der Waals surface area contributed by atoms with Gasteiger partial charge in [-0.15, -0.1) is 0 Å². The highest BCUT2D eigenvalue weighted by atomic mass is 16.5. The van der Waals surface area contributed by atoms with Crippen molar-refractivity contribution in [3.8, 4) is 0 Å². The molecule has 1 rings (SSSR count). The molecule has 71 valence electrons. The molecule has 0 spiro atoms. The van der Waals surface area contributed by atoms with Gasteiger partial charge in [0, 0.05) is 13.1 Å². The third-order valence-corrected chi connectivity index (χ3v) is 2.28. The van der Waals surface area contributed by atoms with Crippen LogP contribution in [0.5, 0.6) is 0 Å². The summed E-state index contributed by atoms with van der Waals surface area (Å²) in [4.78, 5) is 0. The molecule has 1 saturated heterocycles. The molecular weight excluding hydrogens is 150 g/mol. The molecule has 2 heteroatoms. The fourth-order valence-electron chi connectivity index (χ4n) is 1.53. The van der Waals surface area contributed by atoms with E-state index in [9.17, 15) is 0 Å². The van der Waals surface area contributed by atoms with Gasteiger partial charge in [-0.1, -0.05) is 32.6 Å². The molecule has 12 heavy (non-hydrogen) atoms. The molecule has 1 radical (unpaired) electrons. The van der Waals surface area contributed by atoms with Crippen molar-refractivity contribution in [2.75, 3.05) is 19.7 Å². The van der Waals surface area contributed by atoms with E-state index in [0.717, 1.165) is 26.1 Å². The van der Waals surface area contributed by atoms with Crippen LogP contribution < -0.4 is 5.32 Å². The summed E-state index contributed by atoms with van der Waals surface area (Å²) in [6, 6.07) is 0. The van der Waals surface area contributed by atoms with Crippen molar-refractivity contribution in [2.45, 2.75) is 38.2 Å². The molecule has 1 aliphatic heterocycles. The van der Waals surface area contributed by atoms with Crippen LogP contribution in [0.15, 0.2) is 0 Å². The first kappa shape index (κ1) is 10.0. The lowest BCUT2D eigenvalue weighted by molar-refractivity contribution is 0.0221. The highest BCUT2D eigenvalue weighted by Crippen LogP contribution is 2.08. The topological polar surface area (TPSA) is 21.3 Å². The van der Waals surface area contributed by atoms with Crippen LogP contribution in [0.4, 0.5) is 0 Å². The first-order valence-electron chi connectivity index (χ1n) is 5.05. The molecule has 1 N–H and O–H groups in total. The SMILES string of the molecule is [CH2]CCCCCC1CNCCO1. The van der Waals surface area contributed by atoms with E-state index in [1.165, 1.54) is 25.7 Å². The zero-order valence-electron chi connectivity index (χ0n) is 7.85. The van der Waals surface area contributed by atoms with Crippen LogP contribution in [-0.2, 0) is 4.74 Å². The molecule has 0 saturated carbocycles. The fourth-order valence-corrected chi connectivity index (χ4v) is 1.53. The molecule has 0 bridgehead atoms. The van der Waals surface area contributed by atoms with Crippen molar-refractivity contribution in [3.05, 3.63) is 6.92 Å². The Bertz CT molecular complexity index is 100. The van der Waals surface area contributed by atoms with Gasteiger partial charge in [-0.2, -0.15) is 0 Å². The number of hydrogen-bond donors (Lipinski definition) is 1. The maximum Gasteiger partial charge on any atom is 0.0700 e. The number of morpholine rings is 1. The number of ether oxygens (including phenoxy) is 1. The van der Waals surface area contributed by atoms with E-state index in [0.29, 0.717) is 6.10 Å². The Morgan fingerprint density at radius 1 is 1.33 bits per heavy atom. The van der Waals surface area contributed by atoms with Crippen molar-refractivity contribution in [1.29, 1.82) is 0 Å². The van der Waals surface area contributed by atoms with Crippen LogP contribution in [0.2, 0.25) is 0 Å². The minimum atomic E-state index is 0.476. The van der Waals surface area contributed by atoms with E-state index in [-0.39, 0.29) is 0 Å². The van der Waals surface area contributed by atoms with Crippen molar-refractivity contribution < 1.29 is 4.74 Å². The van der Waals surface area contributed by atoms with Gasteiger partial charge in [0.1, 0.15) is 0 Å². The maximum atomic E-state index is 5.58. The molecule has 0 aliphatic carbocycles. The second kappa shape index (κ2) is 6.44. The van der Waals surface area contributed by atoms with Gasteiger partial charge in [0.15, 0.2) is 0 Å². The van der Waals surface area contributed by atoms with Crippen LogP contribution in [0.25, 0.3) is 0 Å². The summed E-state index contributed by atoms with van der Waals surface area (Å²) in [7, 11) is 0. The van der Waals surface area contributed by atoms with Crippen molar-refractivity contribution in [1.82, 2.24) is 5.32 Å². The predicted molar refractivity (Wildman–Crippen MR) is 51.1 cm³/mol. The first-order valence-corrected chi connectivity index (χ1v) is 5.05. The summed E-state index contributed by atoms with van der Waals surface area (Å²) in [6.45, 7) is 6.78. The van der Waals surface area contributed by atoms with E-state index in [4.69, 9.17) is 4.74 Å². The van der Waals surface area contributed by atoms with Crippen LogP contribution in [0, 0.1) is 6.92 Å². The Morgan fingerprint density at radius 3 is 2.92 bits per heavy atom. The fraction of sp³-hybridized carbons (Fsp3) is 0.900. The van der Waals surface area contributed by atoms with E-state index in [1.807, 2.05) is 0 Å². The van der Waals surface area contributed by atoms with Gasteiger partial charge in [-0.25, -0.2) is 0 Å². The predicted octanol–water partition coefficient (Wildman–Crippen LogP) is 1.76. The van der Waals surface area contributed by atoms with Crippen LogP contribution in [0.3, 0.4) is 0 Å². The lowest BCUT2D eigenvalue weighted by Crippen LogP contribution is -2.38. The lowest BCUT2D eigenvalue weighted by atomic mass is 10.1. The largest absolute Gasteiger partial charge is 0.376 e. The number of nitrogens with one attached hydrogen (secondary N) is 1. The Balaban J connectivity index is 1.91. The monoisotopic (exact) mass is 170 g/mol. The van der Waals surface area contributed by atoms with E-state index in [2.05, 4.69) is 12.2 Å². The number of unbranched alkanes of at least 4 members (excludes halogenated alkanes) is 3. The number of rotatable bonds is 5. The Labute approximate surface area is 75.7 Å². The third-order valence-electron chi connectivity index (χ3n) is 2.28. The molecule has 0 aromatic carbocycles. The minimum Gasteiger partial charge on any atom is -0.376 e. The first-order chi connectivity index (χ1) is 5.93. The second-order valence-corrected chi connectivity index (χ2v) is 3.40. The average Bonchev–Trinajstić information content (AvgIpc) is 2.14. The summed E-state index contributed by atoms with van der Waals surface area (Å²) in [6.07, 6.45) is 6.63. The third kappa shape index (κ3) is 4.07. The van der Waals surface area contributed by atoms with Crippen molar-refractivity contribution in [2.24, 2.45) is 0 Å². The number of hydrogen-bond acceptors (Lipinski definition) is 2. The minimum absolute atomic E-state index is 0.476. The molecular formula is C10H20NO. The molecule has 0 amide bonds. The second-order valence-electron chi connectivity index (χ2n) is 3.40. The van der Waals surface area contributed by atoms with Crippen LogP contribution in [-0.4, -0.2) is 25.8 Å². The Morgan fingerprint density at radius 2 is 2.25 bits per heavy atom. The van der Waals surface area contributed by atoms with Gasteiger partial charge in [0.05, 0.1) is 12.7 Å². The lowest BCUT2D eigenvalue weighted by Gasteiger charge is -2.23. The Kier molecular flexibility index (Phi) is 5.37. The van der Waals surface area contributed by atoms with Crippen molar-refractivity contribution in [3.63, 3.8) is 0 Å². The van der Waals surface area contributed by atoms with Gasteiger partial charge < -0.3 is 10.1 Å². The summed E-state index contributed by atoms with van der Waals surface area (Å²) in [5.74, 6) is 0. The van der Waals surface area contributed by atoms with Crippen molar-refractivity contribution >= 4 is 0 Å². The average molecular weight is 170 g/mol.